The van der Waals surface area contributed by atoms with Gasteiger partial charge in [0, 0.05) is 29.1 Å². The Labute approximate surface area is 159 Å². The molecule has 1 heterocycles. The van der Waals surface area contributed by atoms with Crippen molar-refractivity contribution in [1.82, 2.24) is 9.71 Å². The minimum absolute atomic E-state index is 0.0838. The Morgan fingerprint density at radius 2 is 1.85 bits per heavy atom. The summed E-state index contributed by atoms with van der Waals surface area (Å²) in [5, 5.41) is 0.781. The molecule has 0 unspecified atom stereocenters. The van der Waals surface area contributed by atoms with Crippen LogP contribution in [0.15, 0.2) is 54.7 Å². The third-order valence-corrected chi connectivity index (χ3v) is 6.24. The zero-order valence-corrected chi connectivity index (χ0v) is 16.4. The average molecular weight is 389 g/mol. The number of aromatic nitrogens is 1. The second kappa shape index (κ2) is 7.82. The normalized spacial score (nSPS) is 12.6. The van der Waals surface area contributed by atoms with E-state index in [1.165, 1.54) is 12.1 Å². The van der Waals surface area contributed by atoms with Gasteiger partial charge in [-0.15, -0.1) is 0 Å². The molecule has 0 saturated carbocycles. The molecule has 0 saturated heterocycles. The Hall–Kier alpha value is -2.18. The van der Waals surface area contributed by atoms with Crippen molar-refractivity contribution in [1.29, 1.82) is 0 Å². The predicted octanol–water partition coefficient (Wildman–Crippen LogP) is 4.14. The van der Waals surface area contributed by atoms with Crippen LogP contribution in [-0.2, 0) is 21.9 Å². The summed E-state index contributed by atoms with van der Waals surface area (Å²) in [6, 6.07) is 14.4. The van der Waals surface area contributed by atoms with Gasteiger partial charge in [0.2, 0.25) is 10.0 Å². The summed E-state index contributed by atoms with van der Waals surface area (Å²) in [4.78, 5) is 3.13. The number of benzene rings is 2. The summed E-state index contributed by atoms with van der Waals surface area (Å²) >= 11 is 0. The first-order valence-electron chi connectivity index (χ1n) is 9.05. The summed E-state index contributed by atoms with van der Waals surface area (Å²) in [6.45, 7) is 4.16. The van der Waals surface area contributed by atoms with Crippen LogP contribution < -0.4 is 4.72 Å². The summed E-state index contributed by atoms with van der Waals surface area (Å²) < 4.78 is 41.1. The summed E-state index contributed by atoms with van der Waals surface area (Å²) in [5.74, 6) is -0.221. The molecule has 0 aliphatic carbocycles. The highest BCUT2D eigenvalue weighted by Crippen LogP contribution is 2.30. The number of fused-ring (bicyclic) bond motifs is 1. The molecular formula is C21H25FN2O2S. The largest absolute Gasteiger partial charge is 0.361 e. The number of hydrogen-bond acceptors (Lipinski definition) is 2. The third-order valence-electron chi connectivity index (χ3n) is 4.83. The molecule has 27 heavy (non-hydrogen) atoms. The first kappa shape index (κ1) is 19.6. The molecule has 0 aliphatic rings. The summed E-state index contributed by atoms with van der Waals surface area (Å²) in [5.41, 5.74) is 2.39. The monoisotopic (exact) mass is 388 g/mol. The van der Waals surface area contributed by atoms with E-state index in [1.54, 1.807) is 6.07 Å². The highest BCUT2D eigenvalue weighted by atomic mass is 32.2. The Kier molecular flexibility index (Phi) is 5.67. The van der Waals surface area contributed by atoms with Crippen molar-refractivity contribution in [2.75, 3.05) is 12.3 Å². The van der Waals surface area contributed by atoms with Crippen LogP contribution in [0.25, 0.3) is 10.9 Å². The van der Waals surface area contributed by atoms with Gasteiger partial charge in [-0.25, -0.2) is 17.5 Å². The summed E-state index contributed by atoms with van der Waals surface area (Å²) in [7, 11) is -3.37. The molecule has 2 N–H and O–H groups in total. The first-order chi connectivity index (χ1) is 12.8. The molecular weight excluding hydrogens is 363 g/mol. The molecule has 1 aromatic heterocycles. The Morgan fingerprint density at radius 3 is 2.59 bits per heavy atom. The van der Waals surface area contributed by atoms with E-state index in [-0.39, 0.29) is 18.1 Å². The van der Waals surface area contributed by atoms with Gasteiger partial charge in [-0.3, -0.25) is 0 Å². The van der Waals surface area contributed by atoms with E-state index in [0.29, 0.717) is 6.42 Å². The average Bonchev–Trinajstić information content (AvgIpc) is 3.05. The number of sulfonamides is 1. The van der Waals surface area contributed by atoms with Gasteiger partial charge in [0.05, 0.1) is 5.75 Å². The number of rotatable bonds is 8. The zero-order chi connectivity index (χ0) is 19.5. The van der Waals surface area contributed by atoms with E-state index >= 15 is 0 Å². The van der Waals surface area contributed by atoms with Gasteiger partial charge in [0.1, 0.15) is 5.82 Å². The van der Waals surface area contributed by atoms with E-state index in [4.69, 9.17) is 0 Å². The van der Waals surface area contributed by atoms with Crippen molar-refractivity contribution < 1.29 is 12.8 Å². The van der Waals surface area contributed by atoms with E-state index in [2.05, 4.69) is 9.71 Å². The third kappa shape index (κ3) is 4.96. The SMILES string of the molecule is CC(C)(CNS(=O)(=O)CCCc1ccccc1)c1c[nH]c2ccc(F)cc12. The molecule has 0 fully saturated rings. The molecule has 3 aromatic rings. The van der Waals surface area contributed by atoms with Gasteiger partial charge in [-0.05, 0) is 42.2 Å². The maximum absolute atomic E-state index is 13.6. The number of hydrogen-bond donors (Lipinski definition) is 2. The maximum Gasteiger partial charge on any atom is 0.211 e. The van der Waals surface area contributed by atoms with Crippen LogP contribution in [0.2, 0.25) is 0 Å². The van der Waals surface area contributed by atoms with Crippen LogP contribution in [0.5, 0.6) is 0 Å². The van der Waals surface area contributed by atoms with Crippen molar-refractivity contribution in [2.45, 2.75) is 32.1 Å². The number of H-pyrrole nitrogens is 1. The fourth-order valence-corrected chi connectivity index (χ4v) is 4.47. The Balaban J connectivity index is 1.62. The molecule has 6 heteroatoms. The highest BCUT2D eigenvalue weighted by molar-refractivity contribution is 7.89. The summed E-state index contributed by atoms with van der Waals surface area (Å²) in [6.07, 6.45) is 3.12. The van der Waals surface area contributed by atoms with E-state index in [0.717, 1.165) is 28.5 Å². The minimum Gasteiger partial charge on any atom is -0.361 e. The highest BCUT2D eigenvalue weighted by Gasteiger charge is 2.26. The number of aromatic amines is 1. The van der Waals surface area contributed by atoms with Gasteiger partial charge >= 0.3 is 0 Å². The first-order valence-corrected chi connectivity index (χ1v) is 10.7. The van der Waals surface area contributed by atoms with Gasteiger partial charge in [0.15, 0.2) is 0 Å². The smallest absolute Gasteiger partial charge is 0.211 e. The molecule has 2 aromatic carbocycles. The molecule has 0 atom stereocenters. The van der Waals surface area contributed by atoms with Crippen molar-refractivity contribution in [3.63, 3.8) is 0 Å². The van der Waals surface area contributed by atoms with Gasteiger partial charge in [-0.2, -0.15) is 0 Å². The number of nitrogens with one attached hydrogen (secondary N) is 2. The number of halogens is 1. The van der Waals surface area contributed by atoms with Crippen molar-refractivity contribution in [2.24, 2.45) is 0 Å². The van der Waals surface area contributed by atoms with Crippen LogP contribution in [0.3, 0.4) is 0 Å². The molecule has 0 amide bonds. The second-order valence-corrected chi connectivity index (χ2v) is 9.43. The molecule has 0 bridgehead atoms. The van der Waals surface area contributed by atoms with Crippen LogP contribution in [0, 0.1) is 5.82 Å². The van der Waals surface area contributed by atoms with Crippen LogP contribution in [0.1, 0.15) is 31.4 Å². The molecule has 3 rings (SSSR count). The lowest BCUT2D eigenvalue weighted by Gasteiger charge is -2.25. The van der Waals surface area contributed by atoms with Gasteiger partial charge < -0.3 is 4.98 Å². The molecule has 0 radical (unpaired) electrons. The van der Waals surface area contributed by atoms with E-state index < -0.39 is 15.4 Å². The van der Waals surface area contributed by atoms with E-state index in [1.807, 2.05) is 50.4 Å². The van der Waals surface area contributed by atoms with Crippen molar-refractivity contribution in [3.05, 3.63) is 71.7 Å². The molecule has 0 spiro atoms. The quantitative estimate of drug-likeness (QED) is 0.609. The maximum atomic E-state index is 13.6. The van der Waals surface area contributed by atoms with Crippen LogP contribution in [-0.4, -0.2) is 25.7 Å². The minimum atomic E-state index is -3.37. The van der Waals surface area contributed by atoms with Gasteiger partial charge in [-0.1, -0.05) is 44.2 Å². The van der Waals surface area contributed by atoms with Crippen molar-refractivity contribution >= 4 is 20.9 Å². The second-order valence-electron chi connectivity index (χ2n) is 7.51. The zero-order valence-electron chi connectivity index (χ0n) is 15.6. The molecule has 4 nitrogen and oxygen atoms in total. The standard InChI is InChI=1S/C21H25FN2O2S/c1-21(2,19-14-23-20-11-10-17(22)13-18(19)20)15-24-27(25,26)12-6-9-16-7-4-3-5-8-16/h3-5,7-8,10-11,13-14,23-24H,6,9,12,15H2,1-2H3. The van der Waals surface area contributed by atoms with Crippen LogP contribution >= 0.6 is 0 Å². The lowest BCUT2D eigenvalue weighted by Crippen LogP contribution is -2.37. The Bertz CT molecular complexity index is 1010. The lowest BCUT2D eigenvalue weighted by molar-refractivity contribution is 0.504. The fourth-order valence-electron chi connectivity index (χ4n) is 3.22. The topological polar surface area (TPSA) is 62.0 Å². The number of aryl methyl sites for hydroxylation is 1. The Morgan fingerprint density at radius 1 is 1.11 bits per heavy atom. The van der Waals surface area contributed by atoms with Crippen molar-refractivity contribution in [3.8, 4) is 0 Å². The van der Waals surface area contributed by atoms with Crippen LogP contribution in [0.4, 0.5) is 4.39 Å². The van der Waals surface area contributed by atoms with Gasteiger partial charge in [0.25, 0.3) is 0 Å². The lowest BCUT2D eigenvalue weighted by atomic mass is 9.85. The molecule has 0 aliphatic heterocycles. The van der Waals surface area contributed by atoms with E-state index in [9.17, 15) is 12.8 Å². The predicted molar refractivity (Wildman–Crippen MR) is 108 cm³/mol. The fraction of sp³-hybridized carbons (Fsp3) is 0.333. The molecule has 144 valence electrons.